The van der Waals surface area contributed by atoms with Crippen LogP contribution in [0, 0.1) is 5.92 Å². The van der Waals surface area contributed by atoms with E-state index >= 15 is 0 Å². The lowest BCUT2D eigenvalue weighted by Gasteiger charge is -2.42. The lowest BCUT2D eigenvalue weighted by molar-refractivity contribution is -0.135. The van der Waals surface area contributed by atoms with E-state index in [0.29, 0.717) is 11.2 Å². The zero-order valence-electron chi connectivity index (χ0n) is 18.7. The van der Waals surface area contributed by atoms with Gasteiger partial charge in [-0.25, -0.2) is 0 Å². The Kier molecular flexibility index (Phi) is 11.2. The first-order valence-corrected chi connectivity index (χ1v) is 12.2. The summed E-state index contributed by atoms with van der Waals surface area (Å²) in [4.78, 5) is 7.18. The van der Waals surface area contributed by atoms with Crippen LogP contribution < -0.4 is 0 Å². The summed E-state index contributed by atoms with van der Waals surface area (Å²) in [6, 6.07) is 0.192. The Balaban J connectivity index is 2.13. The topological polar surface area (TPSA) is 43.3 Å². The summed E-state index contributed by atoms with van der Waals surface area (Å²) >= 11 is 1.91. The summed E-state index contributed by atoms with van der Waals surface area (Å²) in [6.07, 6.45) is 7.98. The molecule has 0 aromatic rings. The molecule has 5 nitrogen and oxygen atoms in total. The van der Waals surface area contributed by atoms with Crippen LogP contribution in [0.25, 0.3) is 0 Å². The van der Waals surface area contributed by atoms with Crippen LogP contribution in [-0.2, 0) is 14.2 Å². The van der Waals surface area contributed by atoms with Crippen LogP contribution in [0.5, 0.6) is 0 Å². The highest BCUT2D eigenvalue weighted by Gasteiger charge is 2.49. The molecule has 0 unspecified atom stereocenters. The third-order valence-corrected chi connectivity index (χ3v) is 6.99. The fourth-order valence-electron chi connectivity index (χ4n) is 3.83. The van der Waals surface area contributed by atoms with Crippen molar-refractivity contribution in [1.29, 1.82) is 0 Å². The van der Waals surface area contributed by atoms with Crippen LogP contribution in [-0.4, -0.2) is 74.1 Å². The second-order valence-electron chi connectivity index (χ2n) is 8.26. The Morgan fingerprint density at radius 1 is 0.929 bits per heavy atom. The zero-order chi connectivity index (χ0) is 20.4. The maximum atomic E-state index is 6.45. The maximum Gasteiger partial charge on any atom is 0.159 e. The second kappa shape index (κ2) is 13.1. The van der Waals surface area contributed by atoms with Crippen molar-refractivity contribution in [2.45, 2.75) is 89.2 Å². The van der Waals surface area contributed by atoms with E-state index in [-0.39, 0.29) is 18.2 Å². The Morgan fingerprint density at radius 2 is 1.54 bits per heavy atom. The molecule has 1 aliphatic carbocycles. The molecule has 0 aromatic heterocycles. The van der Waals surface area contributed by atoms with Crippen molar-refractivity contribution in [3.05, 3.63) is 0 Å². The maximum absolute atomic E-state index is 6.45. The Labute approximate surface area is 177 Å². The average Bonchev–Trinajstić information content (AvgIpc) is 3.11. The number of nitrogens with zero attached hydrogens (tertiary/aromatic N) is 2. The first-order chi connectivity index (χ1) is 13.6. The van der Waals surface area contributed by atoms with Crippen molar-refractivity contribution in [3.63, 3.8) is 0 Å². The average molecular weight is 415 g/mol. The van der Waals surface area contributed by atoms with Crippen LogP contribution in [0.3, 0.4) is 0 Å². The lowest BCUT2D eigenvalue weighted by Crippen LogP contribution is -2.54. The smallest absolute Gasteiger partial charge is 0.159 e. The summed E-state index contributed by atoms with van der Waals surface area (Å²) < 4.78 is 18.9. The Bertz CT molecular complexity index is 461. The van der Waals surface area contributed by atoms with E-state index in [1.807, 2.05) is 11.8 Å². The minimum absolute atomic E-state index is 0.0341. The number of rotatable bonds is 13. The van der Waals surface area contributed by atoms with Gasteiger partial charge >= 0.3 is 0 Å². The predicted molar refractivity (Wildman–Crippen MR) is 119 cm³/mol. The van der Waals surface area contributed by atoms with Gasteiger partial charge in [-0.1, -0.05) is 51.8 Å². The highest BCUT2D eigenvalue weighted by Crippen LogP contribution is 2.42. The Hall–Kier alpha value is -0.300. The van der Waals surface area contributed by atoms with Crippen LogP contribution in [0.2, 0.25) is 0 Å². The van der Waals surface area contributed by atoms with E-state index in [2.05, 4.69) is 39.8 Å². The van der Waals surface area contributed by atoms with E-state index in [1.54, 1.807) is 0 Å². The van der Waals surface area contributed by atoms with Gasteiger partial charge in [-0.05, 0) is 25.7 Å². The van der Waals surface area contributed by atoms with Gasteiger partial charge < -0.3 is 19.1 Å². The third kappa shape index (κ3) is 6.89. The van der Waals surface area contributed by atoms with Crippen LogP contribution >= 0.6 is 11.8 Å². The van der Waals surface area contributed by atoms with Gasteiger partial charge in [-0.3, -0.25) is 4.99 Å². The van der Waals surface area contributed by atoms with E-state index in [1.165, 1.54) is 6.42 Å². The number of hydrogen-bond acceptors (Lipinski definition) is 6. The highest BCUT2D eigenvalue weighted by molar-refractivity contribution is 8.14. The van der Waals surface area contributed by atoms with Gasteiger partial charge in [0.15, 0.2) is 5.17 Å². The van der Waals surface area contributed by atoms with Crippen molar-refractivity contribution in [1.82, 2.24) is 4.90 Å². The number of hydrogen-bond donors (Lipinski definition) is 0. The molecule has 1 heterocycles. The fraction of sp³-hybridized carbons (Fsp3) is 0.955. The van der Waals surface area contributed by atoms with Gasteiger partial charge in [0.25, 0.3) is 0 Å². The highest BCUT2D eigenvalue weighted by atomic mass is 32.2. The van der Waals surface area contributed by atoms with Gasteiger partial charge in [0.2, 0.25) is 0 Å². The normalized spacial score (nSPS) is 29.6. The minimum atomic E-state index is 0.0341. The van der Waals surface area contributed by atoms with Crippen molar-refractivity contribution in [3.8, 4) is 0 Å². The lowest BCUT2D eigenvalue weighted by atomic mass is 9.81. The molecule has 0 aromatic carbocycles. The number of unbranched alkanes of at least 4 members (excludes halogenated alkanes) is 3. The predicted octanol–water partition coefficient (Wildman–Crippen LogP) is 4.60. The molecule has 1 aliphatic heterocycles. The van der Waals surface area contributed by atoms with Crippen molar-refractivity contribution < 1.29 is 14.2 Å². The summed E-state index contributed by atoms with van der Waals surface area (Å²) in [6.45, 7) is 9.83. The quantitative estimate of drug-likeness (QED) is 0.412. The molecule has 164 valence electrons. The number of thioether (sulfide) groups is 1. The second-order valence-corrected chi connectivity index (χ2v) is 9.46. The van der Waals surface area contributed by atoms with Gasteiger partial charge in [-0.2, -0.15) is 0 Å². The molecular formula is C22H42N2O3S. The van der Waals surface area contributed by atoms with Gasteiger partial charge in [0.1, 0.15) is 6.10 Å². The van der Waals surface area contributed by atoms with Gasteiger partial charge in [0, 0.05) is 45.1 Å². The minimum Gasteiger partial charge on any atom is -0.381 e. The summed E-state index contributed by atoms with van der Waals surface area (Å²) in [5.74, 6) is 0.380. The van der Waals surface area contributed by atoms with Crippen molar-refractivity contribution in [2.24, 2.45) is 10.9 Å². The summed E-state index contributed by atoms with van der Waals surface area (Å²) in [7, 11) is 4.16. The van der Waals surface area contributed by atoms with Crippen molar-refractivity contribution >= 4 is 16.9 Å². The standard InChI is InChI=1S/C22H42N2O3S/c1-6-9-12-25-16-17-15-18-19(23-22(28-18)24(4)5)21(27-14-11-8-3)20(17)26-13-10-7-2/h17-21H,6-16H2,1-5H3/t17-,18+,19+,20-,21-/m1/s1. The third-order valence-electron chi connectivity index (χ3n) is 5.53. The number of amidine groups is 1. The fourth-order valence-corrected chi connectivity index (χ4v) is 5.19. The number of aliphatic imine (C=N–C) groups is 1. The van der Waals surface area contributed by atoms with Crippen LogP contribution in [0.15, 0.2) is 4.99 Å². The number of ether oxygens (including phenoxy) is 3. The molecule has 0 bridgehead atoms. The van der Waals surface area contributed by atoms with Gasteiger partial charge in [0.05, 0.1) is 18.8 Å². The molecular weight excluding hydrogens is 372 g/mol. The molecule has 1 fully saturated rings. The molecule has 2 rings (SSSR count). The molecule has 0 saturated heterocycles. The van der Waals surface area contributed by atoms with Gasteiger partial charge in [-0.15, -0.1) is 0 Å². The van der Waals surface area contributed by atoms with E-state index in [0.717, 1.165) is 70.1 Å². The molecule has 0 spiro atoms. The molecule has 5 atom stereocenters. The summed E-state index contributed by atoms with van der Waals surface area (Å²) in [5.41, 5.74) is 0. The number of fused-ring (bicyclic) bond motifs is 1. The van der Waals surface area contributed by atoms with Crippen LogP contribution in [0.4, 0.5) is 0 Å². The molecule has 0 radical (unpaired) electrons. The zero-order valence-corrected chi connectivity index (χ0v) is 19.5. The van der Waals surface area contributed by atoms with Crippen molar-refractivity contribution in [2.75, 3.05) is 40.5 Å². The first kappa shape index (κ1) is 24.0. The first-order valence-electron chi connectivity index (χ1n) is 11.3. The largest absolute Gasteiger partial charge is 0.381 e. The monoisotopic (exact) mass is 414 g/mol. The SMILES string of the molecule is CCCCOC[C@H]1C[C@@H]2SC(N(C)C)=N[C@@H]2[C@@H](OCCCC)[C@@H]1OCCCC. The Morgan fingerprint density at radius 3 is 2.14 bits per heavy atom. The molecule has 6 heteroatoms. The van der Waals surface area contributed by atoms with Crippen LogP contribution in [0.1, 0.15) is 65.7 Å². The molecule has 2 aliphatic rings. The van der Waals surface area contributed by atoms with E-state index < -0.39 is 0 Å². The molecule has 1 saturated carbocycles. The molecule has 28 heavy (non-hydrogen) atoms. The molecule has 0 N–H and O–H groups in total. The van der Waals surface area contributed by atoms with E-state index in [9.17, 15) is 0 Å². The summed E-state index contributed by atoms with van der Waals surface area (Å²) in [5, 5.41) is 1.59. The van der Waals surface area contributed by atoms with E-state index in [4.69, 9.17) is 19.2 Å². The molecule has 0 amide bonds.